The zero-order valence-corrected chi connectivity index (χ0v) is 11.0. The standard InChI is InChI=1S/C13H13N3O2S/c17-8-12-10-4-2-1-3-9(10)5-6-16(12)13(18)11-7-14-19-15-11/h1-4,7,12,17H,5-6,8H2. The van der Waals surface area contributed by atoms with Gasteiger partial charge in [0, 0.05) is 6.54 Å². The third kappa shape index (κ3) is 2.13. The minimum atomic E-state index is -0.292. The van der Waals surface area contributed by atoms with Crippen LogP contribution in [0.3, 0.4) is 0 Å². The van der Waals surface area contributed by atoms with Gasteiger partial charge in [-0.05, 0) is 17.5 Å². The van der Waals surface area contributed by atoms with Crippen molar-refractivity contribution in [1.29, 1.82) is 0 Å². The Hall–Kier alpha value is -1.79. The molecule has 0 fully saturated rings. The molecule has 6 heteroatoms. The summed E-state index contributed by atoms with van der Waals surface area (Å²) in [6.45, 7) is 0.513. The van der Waals surface area contributed by atoms with Crippen LogP contribution in [-0.4, -0.2) is 37.8 Å². The van der Waals surface area contributed by atoms with E-state index in [1.54, 1.807) is 4.90 Å². The number of amides is 1. The number of fused-ring (bicyclic) bond motifs is 1. The number of hydrogen-bond acceptors (Lipinski definition) is 5. The third-order valence-corrected chi connectivity index (χ3v) is 3.90. The fourth-order valence-corrected chi connectivity index (χ4v) is 2.90. The van der Waals surface area contributed by atoms with Gasteiger partial charge in [-0.25, -0.2) is 0 Å². The quantitative estimate of drug-likeness (QED) is 0.896. The molecule has 1 aromatic heterocycles. The highest BCUT2D eigenvalue weighted by atomic mass is 32.1. The number of hydrogen-bond donors (Lipinski definition) is 1. The second-order valence-corrected chi connectivity index (χ2v) is 5.00. The summed E-state index contributed by atoms with van der Waals surface area (Å²) < 4.78 is 7.83. The largest absolute Gasteiger partial charge is 0.394 e. The molecule has 1 aliphatic rings. The molecule has 1 aromatic carbocycles. The maximum atomic E-state index is 12.4. The van der Waals surface area contributed by atoms with Crippen molar-refractivity contribution in [3.63, 3.8) is 0 Å². The first-order valence-corrected chi connectivity index (χ1v) is 6.81. The zero-order valence-electron chi connectivity index (χ0n) is 10.2. The number of aliphatic hydroxyl groups is 1. The van der Waals surface area contributed by atoms with Crippen molar-refractivity contribution in [2.24, 2.45) is 0 Å². The van der Waals surface area contributed by atoms with Crippen LogP contribution in [0.2, 0.25) is 0 Å². The van der Waals surface area contributed by atoms with Gasteiger partial charge in [0.2, 0.25) is 0 Å². The number of aromatic nitrogens is 2. The molecule has 1 aliphatic heterocycles. The van der Waals surface area contributed by atoms with Gasteiger partial charge in [-0.3, -0.25) is 4.79 Å². The molecule has 2 heterocycles. The van der Waals surface area contributed by atoms with Crippen molar-refractivity contribution < 1.29 is 9.90 Å². The fourth-order valence-electron chi connectivity index (χ4n) is 2.50. The monoisotopic (exact) mass is 275 g/mol. The Morgan fingerprint density at radius 1 is 1.47 bits per heavy atom. The Morgan fingerprint density at radius 2 is 2.32 bits per heavy atom. The van der Waals surface area contributed by atoms with E-state index in [0.717, 1.165) is 23.7 Å². The number of carbonyl (C=O) groups is 1. The minimum Gasteiger partial charge on any atom is -0.394 e. The van der Waals surface area contributed by atoms with Gasteiger partial charge in [0.25, 0.3) is 5.91 Å². The minimum absolute atomic E-state index is 0.0830. The highest BCUT2D eigenvalue weighted by Gasteiger charge is 2.31. The number of nitrogens with zero attached hydrogens (tertiary/aromatic N) is 3. The van der Waals surface area contributed by atoms with Crippen LogP contribution in [0.4, 0.5) is 0 Å². The first-order valence-electron chi connectivity index (χ1n) is 6.08. The fraction of sp³-hybridized carbons (Fsp3) is 0.308. The third-order valence-electron chi connectivity index (χ3n) is 3.43. The normalized spacial score (nSPS) is 18.2. The van der Waals surface area contributed by atoms with Gasteiger partial charge >= 0.3 is 0 Å². The second-order valence-electron chi connectivity index (χ2n) is 4.44. The Kier molecular flexibility index (Phi) is 3.27. The average molecular weight is 275 g/mol. The van der Waals surface area contributed by atoms with E-state index >= 15 is 0 Å². The Balaban J connectivity index is 1.94. The van der Waals surface area contributed by atoms with Crippen LogP contribution in [-0.2, 0) is 6.42 Å². The van der Waals surface area contributed by atoms with Crippen molar-refractivity contribution in [2.75, 3.05) is 13.2 Å². The first kappa shape index (κ1) is 12.3. The molecule has 0 saturated heterocycles. The molecule has 3 rings (SSSR count). The van der Waals surface area contributed by atoms with Gasteiger partial charge < -0.3 is 10.0 Å². The predicted octanol–water partition coefficient (Wildman–Crippen LogP) is 1.27. The summed E-state index contributed by atoms with van der Waals surface area (Å²) in [6, 6.07) is 7.63. The molecule has 5 nitrogen and oxygen atoms in total. The van der Waals surface area contributed by atoms with E-state index in [4.69, 9.17) is 0 Å². The Bertz CT molecular complexity index is 585. The molecular formula is C13H13N3O2S. The molecule has 0 spiro atoms. The van der Waals surface area contributed by atoms with E-state index in [1.807, 2.05) is 24.3 Å². The summed E-state index contributed by atoms with van der Waals surface area (Å²) in [4.78, 5) is 14.0. The highest BCUT2D eigenvalue weighted by Crippen LogP contribution is 2.30. The molecular weight excluding hydrogens is 262 g/mol. The van der Waals surface area contributed by atoms with Crippen LogP contribution >= 0.6 is 11.7 Å². The number of rotatable bonds is 2. The summed E-state index contributed by atoms with van der Waals surface area (Å²) in [6.07, 6.45) is 2.28. The molecule has 0 aliphatic carbocycles. The number of aliphatic hydroxyl groups excluding tert-OH is 1. The smallest absolute Gasteiger partial charge is 0.275 e. The van der Waals surface area contributed by atoms with Gasteiger partial charge in [-0.15, -0.1) is 0 Å². The molecule has 1 unspecified atom stereocenters. The maximum Gasteiger partial charge on any atom is 0.275 e. The average Bonchev–Trinajstić information content (AvgIpc) is 2.99. The molecule has 1 atom stereocenters. The lowest BCUT2D eigenvalue weighted by molar-refractivity contribution is 0.0564. The van der Waals surface area contributed by atoms with Crippen molar-refractivity contribution >= 4 is 17.6 Å². The molecule has 0 bridgehead atoms. The molecule has 0 saturated carbocycles. The predicted molar refractivity (Wildman–Crippen MR) is 70.9 cm³/mol. The lowest BCUT2D eigenvalue weighted by atomic mass is 9.93. The van der Waals surface area contributed by atoms with Crippen molar-refractivity contribution in [3.8, 4) is 0 Å². The van der Waals surface area contributed by atoms with Gasteiger partial charge in [0.1, 0.15) is 0 Å². The van der Waals surface area contributed by atoms with Gasteiger partial charge in [0.15, 0.2) is 5.69 Å². The second kappa shape index (κ2) is 5.07. The van der Waals surface area contributed by atoms with Crippen molar-refractivity contribution in [1.82, 2.24) is 13.6 Å². The molecule has 19 heavy (non-hydrogen) atoms. The molecule has 98 valence electrons. The Morgan fingerprint density at radius 3 is 3.05 bits per heavy atom. The molecule has 1 amide bonds. The van der Waals surface area contributed by atoms with E-state index in [9.17, 15) is 9.90 Å². The Labute approximate surface area is 114 Å². The lowest BCUT2D eigenvalue weighted by Crippen LogP contribution is -2.41. The topological polar surface area (TPSA) is 66.3 Å². The maximum absolute atomic E-state index is 12.4. The lowest BCUT2D eigenvalue weighted by Gasteiger charge is -2.35. The van der Waals surface area contributed by atoms with Crippen LogP contribution < -0.4 is 0 Å². The molecule has 2 aromatic rings. The SMILES string of the molecule is O=C(c1cnsn1)N1CCc2ccccc2C1CO. The number of carbonyl (C=O) groups excluding carboxylic acids is 1. The van der Waals surface area contributed by atoms with E-state index in [2.05, 4.69) is 8.75 Å². The summed E-state index contributed by atoms with van der Waals surface area (Å²) in [5.41, 5.74) is 2.57. The van der Waals surface area contributed by atoms with Crippen molar-refractivity contribution in [3.05, 3.63) is 47.3 Å². The van der Waals surface area contributed by atoms with Crippen LogP contribution in [0.1, 0.15) is 27.7 Å². The summed E-state index contributed by atoms with van der Waals surface area (Å²) in [5.74, 6) is -0.165. The zero-order chi connectivity index (χ0) is 13.2. The molecule has 1 N–H and O–H groups in total. The van der Waals surface area contributed by atoms with E-state index in [0.29, 0.717) is 12.2 Å². The van der Waals surface area contributed by atoms with Crippen LogP contribution in [0.25, 0.3) is 0 Å². The summed E-state index contributed by atoms with van der Waals surface area (Å²) >= 11 is 1.02. The highest BCUT2D eigenvalue weighted by molar-refractivity contribution is 6.99. The van der Waals surface area contributed by atoms with E-state index < -0.39 is 0 Å². The van der Waals surface area contributed by atoms with E-state index in [1.165, 1.54) is 11.8 Å². The van der Waals surface area contributed by atoms with Crippen molar-refractivity contribution in [2.45, 2.75) is 12.5 Å². The summed E-state index contributed by atoms with van der Waals surface area (Å²) in [5, 5.41) is 9.63. The summed E-state index contributed by atoms with van der Waals surface area (Å²) in [7, 11) is 0. The van der Waals surface area contributed by atoms with Crippen LogP contribution in [0.15, 0.2) is 30.5 Å². The van der Waals surface area contributed by atoms with Crippen LogP contribution in [0.5, 0.6) is 0 Å². The van der Waals surface area contributed by atoms with Gasteiger partial charge in [-0.2, -0.15) is 8.75 Å². The van der Waals surface area contributed by atoms with Gasteiger partial charge in [0.05, 0.1) is 30.6 Å². The first-order chi connectivity index (χ1) is 9.31. The van der Waals surface area contributed by atoms with E-state index in [-0.39, 0.29) is 18.6 Å². The van der Waals surface area contributed by atoms with Gasteiger partial charge in [-0.1, -0.05) is 24.3 Å². The molecule has 0 radical (unpaired) electrons. The van der Waals surface area contributed by atoms with Crippen LogP contribution in [0, 0.1) is 0 Å². The number of benzene rings is 1.